The van der Waals surface area contributed by atoms with Gasteiger partial charge < -0.3 is 5.32 Å². The average Bonchev–Trinajstić information content (AvgIpc) is 2.78. The molecule has 0 saturated carbocycles. The van der Waals surface area contributed by atoms with E-state index in [1.807, 2.05) is 32.0 Å². The van der Waals surface area contributed by atoms with Crippen LogP contribution in [0.1, 0.15) is 55.6 Å². The number of benzene rings is 1. The fourth-order valence-electron chi connectivity index (χ4n) is 4.27. The molecule has 1 fully saturated rings. The maximum absolute atomic E-state index is 13.0. The van der Waals surface area contributed by atoms with Gasteiger partial charge in [-0.05, 0) is 56.5 Å². The van der Waals surface area contributed by atoms with Gasteiger partial charge in [0.2, 0.25) is 10.0 Å². The summed E-state index contributed by atoms with van der Waals surface area (Å²) in [5, 5.41) is 3.82. The molecule has 0 bridgehead atoms. The van der Waals surface area contributed by atoms with Crippen LogP contribution in [0.3, 0.4) is 0 Å². The Bertz CT molecular complexity index is 1040. The molecule has 1 unspecified atom stereocenters. The molecule has 1 aliphatic heterocycles. The molecule has 0 radical (unpaired) electrons. The Morgan fingerprint density at radius 2 is 1.94 bits per heavy atom. The highest BCUT2D eigenvalue weighted by molar-refractivity contribution is 7.89. The van der Waals surface area contributed by atoms with Crippen LogP contribution in [-0.4, -0.2) is 48.5 Å². The molecule has 1 amide bonds. The van der Waals surface area contributed by atoms with E-state index in [0.717, 1.165) is 12.1 Å². The van der Waals surface area contributed by atoms with E-state index in [1.165, 1.54) is 6.07 Å². The zero-order valence-corrected chi connectivity index (χ0v) is 20.7. The van der Waals surface area contributed by atoms with Crippen molar-refractivity contribution in [1.82, 2.24) is 14.6 Å². The number of pyridine rings is 1. The number of carbonyl (C=O) groups is 1. The molecule has 174 valence electrons. The van der Waals surface area contributed by atoms with E-state index in [1.54, 1.807) is 22.6 Å². The minimum absolute atomic E-state index is 0.168. The standard InChI is InChI=1S/C23H29Cl2N3O3S/c1-3-4-15-32(30,31)28-13-10-23(11-14-28,21-7-5-6-12-26-21)17(2)27-22(29)19-9-8-18(24)16-20(19)25/h5-9,12,16-17H,3-4,10-11,13-15H2,1-2H3,(H,27,29). The topological polar surface area (TPSA) is 79.4 Å². The van der Waals surface area contributed by atoms with Gasteiger partial charge in [-0.25, -0.2) is 12.7 Å². The molecule has 1 N–H and O–H groups in total. The quantitative estimate of drug-likeness (QED) is 0.574. The number of nitrogens with zero attached hydrogens (tertiary/aromatic N) is 2. The lowest BCUT2D eigenvalue weighted by molar-refractivity contribution is 0.0893. The SMILES string of the molecule is CCCCS(=O)(=O)N1CCC(c2ccccn2)(C(C)NC(=O)c2ccc(Cl)cc2Cl)CC1. The highest BCUT2D eigenvalue weighted by Gasteiger charge is 2.44. The molecule has 0 aliphatic carbocycles. The van der Waals surface area contributed by atoms with Gasteiger partial charge in [0.05, 0.1) is 16.3 Å². The molecule has 1 aliphatic rings. The number of unbranched alkanes of at least 4 members (excludes halogenated alkanes) is 1. The first kappa shape index (κ1) is 25.0. The van der Waals surface area contributed by atoms with Crippen molar-refractivity contribution in [1.29, 1.82) is 0 Å². The normalized spacial score (nSPS) is 17.6. The summed E-state index contributed by atoms with van der Waals surface area (Å²) in [5.41, 5.74) is 0.700. The summed E-state index contributed by atoms with van der Waals surface area (Å²) in [6.45, 7) is 4.71. The Kier molecular flexibility index (Phi) is 8.20. The third-order valence-electron chi connectivity index (χ3n) is 6.29. The molecule has 1 aromatic heterocycles. The van der Waals surface area contributed by atoms with E-state index in [0.29, 0.717) is 42.9 Å². The Balaban J connectivity index is 1.83. The smallest absolute Gasteiger partial charge is 0.253 e. The van der Waals surface area contributed by atoms with Crippen LogP contribution < -0.4 is 5.32 Å². The van der Waals surface area contributed by atoms with Crippen molar-refractivity contribution in [2.45, 2.75) is 51.0 Å². The van der Waals surface area contributed by atoms with E-state index in [9.17, 15) is 13.2 Å². The number of amides is 1. The van der Waals surface area contributed by atoms with Crippen LogP contribution in [0.25, 0.3) is 0 Å². The lowest BCUT2D eigenvalue weighted by atomic mass is 9.70. The molecular weight excluding hydrogens is 469 g/mol. The zero-order valence-electron chi connectivity index (χ0n) is 18.4. The van der Waals surface area contributed by atoms with Crippen LogP contribution >= 0.6 is 23.2 Å². The van der Waals surface area contributed by atoms with Gasteiger partial charge in [-0.15, -0.1) is 0 Å². The number of aromatic nitrogens is 1. The second kappa shape index (κ2) is 10.5. The summed E-state index contributed by atoms with van der Waals surface area (Å²) in [5.74, 6) is -0.131. The first-order valence-electron chi connectivity index (χ1n) is 10.8. The molecule has 1 aromatic carbocycles. The van der Waals surface area contributed by atoms with Crippen LogP contribution in [0, 0.1) is 0 Å². The van der Waals surface area contributed by atoms with Gasteiger partial charge in [-0.1, -0.05) is 42.6 Å². The van der Waals surface area contributed by atoms with E-state index in [-0.39, 0.29) is 22.7 Å². The summed E-state index contributed by atoms with van der Waals surface area (Å²) < 4.78 is 27.0. The van der Waals surface area contributed by atoms with Crippen molar-refractivity contribution in [3.63, 3.8) is 0 Å². The Labute approximate surface area is 200 Å². The third kappa shape index (κ3) is 5.45. The number of hydrogen-bond donors (Lipinski definition) is 1. The number of piperidine rings is 1. The first-order chi connectivity index (χ1) is 15.2. The number of rotatable bonds is 8. The minimum atomic E-state index is -3.28. The van der Waals surface area contributed by atoms with Crippen LogP contribution in [-0.2, 0) is 15.4 Å². The largest absolute Gasteiger partial charge is 0.349 e. The van der Waals surface area contributed by atoms with Gasteiger partial charge >= 0.3 is 0 Å². The van der Waals surface area contributed by atoms with E-state index in [2.05, 4.69) is 10.3 Å². The molecule has 32 heavy (non-hydrogen) atoms. The predicted molar refractivity (Wildman–Crippen MR) is 129 cm³/mol. The van der Waals surface area contributed by atoms with Crippen LogP contribution in [0.2, 0.25) is 10.0 Å². The molecule has 2 heterocycles. The molecule has 0 spiro atoms. The molecule has 1 atom stereocenters. The van der Waals surface area contributed by atoms with E-state index in [4.69, 9.17) is 23.2 Å². The molecule has 9 heteroatoms. The number of carbonyl (C=O) groups excluding carboxylic acids is 1. The molecular formula is C23H29Cl2N3O3S. The minimum Gasteiger partial charge on any atom is -0.349 e. The second-order valence-corrected chi connectivity index (χ2v) is 11.2. The number of halogens is 2. The van der Waals surface area contributed by atoms with Gasteiger partial charge in [0.1, 0.15) is 0 Å². The van der Waals surface area contributed by atoms with Crippen molar-refractivity contribution in [3.05, 3.63) is 63.9 Å². The predicted octanol–water partition coefficient (Wildman–Crippen LogP) is 4.67. The van der Waals surface area contributed by atoms with Gasteiger partial charge in [-0.2, -0.15) is 0 Å². The van der Waals surface area contributed by atoms with Crippen LogP contribution in [0.15, 0.2) is 42.6 Å². The first-order valence-corrected chi connectivity index (χ1v) is 13.2. The summed E-state index contributed by atoms with van der Waals surface area (Å²) in [6, 6.07) is 10.2. The molecule has 1 saturated heterocycles. The maximum atomic E-state index is 13.0. The average molecular weight is 498 g/mol. The summed E-state index contributed by atoms with van der Waals surface area (Å²) in [7, 11) is -3.28. The summed E-state index contributed by atoms with van der Waals surface area (Å²) in [6.07, 6.45) is 4.34. The maximum Gasteiger partial charge on any atom is 0.253 e. The summed E-state index contributed by atoms with van der Waals surface area (Å²) in [4.78, 5) is 17.6. The number of sulfonamides is 1. The van der Waals surface area contributed by atoms with Gasteiger partial charge in [-0.3, -0.25) is 9.78 Å². The lowest BCUT2D eigenvalue weighted by Crippen LogP contribution is -2.55. The fraction of sp³-hybridized carbons (Fsp3) is 0.478. The van der Waals surface area contributed by atoms with Crippen molar-refractivity contribution in [3.8, 4) is 0 Å². The summed E-state index contributed by atoms with van der Waals surface area (Å²) >= 11 is 12.2. The van der Waals surface area contributed by atoms with Crippen molar-refractivity contribution in [2.75, 3.05) is 18.8 Å². The number of hydrogen-bond acceptors (Lipinski definition) is 4. The van der Waals surface area contributed by atoms with Gasteiger partial charge in [0, 0.05) is 41.5 Å². The molecule has 2 aromatic rings. The third-order valence-corrected chi connectivity index (χ3v) is 8.80. The second-order valence-electron chi connectivity index (χ2n) is 8.26. The van der Waals surface area contributed by atoms with Crippen LogP contribution in [0.5, 0.6) is 0 Å². The van der Waals surface area contributed by atoms with Crippen molar-refractivity contribution < 1.29 is 13.2 Å². The fourth-order valence-corrected chi connectivity index (χ4v) is 6.42. The van der Waals surface area contributed by atoms with Crippen molar-refractivity contribution in [2.24, 2.45) is 0 Å². The van der Waals surface area contributed by atoms with Gasteiger partial charge in [0.15, 0.2) is 0 Å². The van der Waals surface area contributed by atoms with Crippen molar-refractivity contribution >= 4 is 39.1 Å². The Morgan fingerprint density at radius 3 is 2.53 bits per heavy atom. The Hall–Kier alpha value is -1.67. The lowest BCUT2D eigenvalue weighted by Gasteiger charge is -2.45. The van der Waals surface area contributed by atoms with Gasteiger partial charge in [0.25, 0.3) is 5.91 Å². The molecule has 6 nitrogen and oxygen atoms in total. The highest BCUT2D eigenvalue weighted by atomic mass is 35.5. The monoisotopic (exact) mass is 497 g/mol. The highest BCUT2D eigenvalue weighted by Crippen LogP contribution is 2.38. The Morgan fingerprint density at radius 1 is 1.22 bits per heavy atom. The molecule has 3 rings (SSSR count). The van der Waals surface area contributed by atoms with E-state index >= 15 is 0 Å². The van der Waals surface area contributed by atoms with E-state index < -0.39 is 15.4 Å². The zero-order chi connectivity index (χ0) is 23.4. The number of nitrogens with one attached hydrogen (secondary N) is 1. The van der Waals surface area contributed by atoms with Crippen LogP contribution in [0.4, 0.5) is 0 Å².